The molecule has 2 unspecified atom stereocenters. The molecule has 0 aromatic heterocycles. The first-order valence-corrected chi connectivity index (χ1v) is 12.4. The van der Waals surface area contributed by atoms with Gasteiger partial charge in [0.25, 0.3) is 0 Å². The number of halogens is 6. The van der Waals surface area contributed by atoms with Gasteiger partial charge in [-0.15, -0.1) is 26.3 Å². The maximum absolute atomic E-state index is 13.7. The summed E-state index contributed by atoms with van der Waals surface area (Å²) in [4.78, 5) is 26.4. The number of carbonyl (C=O) groups excluding carboxylic acids is 1. The monoisotopic (exact) mass is 598 g/mol. The zero-order valence-corrected chi connectivity index (χ0v) is 21.5. The Balaban J connectivity index is 1.92. The van der Waals surface area contributed by atoms with Gasteiger partial charge >= 0.3 is 24.7 Å². The van der Waals surface area contributed by atoms with Gasteiger partial charge in [-0.1, -0.05) is 54.6 Å². The van der Waals surface area contributed by atoms with Crippen LogP contribution in [0.5, 0.6) is 11.5 Å². The number of aliphatic carboxylic acids is 1. The van der Waals surface area contributed by atoms with Crippen LogP contribution in [-0.2, 0) is 16.8 Å². The second kappa shape index (κ2) is 11.8. The Labute approximate surface area is 235 Å². The van der Waals surface area contributed by atoms with Gasteiger partial charge in [0.05, 0.1) is 11.6 Å². The van der Waals surface area contributed by atoms with Crippen molar-refractivity contribution in [3.8, 4) is 11.5 Å². The number of aliphatic hydroxyl groups is 1. The van der Waals surface area contributed by atoms with Crippen molar-refractivity contribution in [2.24, 2.45) is 0 Å². The molecule has 1 aliphatic heterocycles. The number of likely N-dealkylation sites (tertiary alicyclic amines) is 1. The highest BCUT2D eigenvalue weighted by Gasteiger charge is 2.44. The topological polar surface area (TPSA) is 108 Å². The van der Waals surface area contributed by atoms with Crippen molar-refractivity contribution < 1.29 is 55.6 Å². The second-order valence-corrected chi connectivity index (χ2v) is 9.55. The van der Waals surface area contributed by atoms with Crippen LogP contribution in [-0.4, -0.2) is 58.5 Å². The van der Waals surface area contributed by atoms with Crippen LogP contribution in [0.1, 0.15) is 23.1 Å². The number of rotatable bonds is 8. The Morgan fingerprint density at radius 2 is 1.36 bits per heavy atom. The van der Waals surface area contributed by atoms with Gasteiger partial charge in [-0.25, -0.2) is 9.59 Å². The van der Waals surface area contributed by atoms with E-state index < -0.39 is 53.9 Å². The first-order valence-electron chi connectivity index (χ1n) is 12.4. The average molecular weight is 598 g/mol. The van der Waals surface area contributed by atoms with E-state index in [1.165, 1.54) is 24.3 Å². The van der Waals surface area contributed by atoms with Crippen LogP contribution < -0.4 is 14.8 Å². The number of hydrogen-bond donors (Lipinski definition) is 3. The molecular formula is C28H24F6N2O6. The van der Waals surface area contributed by atoms with Gasteiger partial charge in [0.15, 0.2) is 0 Å². The fourth-order valence-electron chi connectivity index (χ4n) is 4.91. The maximum atomic E-state index is 13.7. The van der Waals surface area contributed by atoms with Crippen molar-refractivity contribution in [3.63, 3.8) is 0 Å². The lowest BCUT2D eigenvalue weighted by Crippen LogP contribution is -2.55. The molecule has 2 amide bonds. The number of aliphatic hydroxyl groups excluding tert-OH is 1. The molecule has 4 rings (SSSR count). The van der Waals surface area contributed by atoms with Gasteiger partial charge in [0.2, 0.25) is 0 Å². The minimum Gasteiger partial charge on any atom is -0.480 e. The largest absolute Gasteiger partial charge is 0.573 e. The molecule has 0 radical (unpaired) electrons. The van der Waals surface area contributed by atoms with Crippen LogP contribution in [0.3, 0.4) is 0 Å². The van der Waals surface area contributed by atoms with Gasteiger partial charge in [0, 0.05) is 19.4 Å². The van der Waals surface area contributed by atoms with Crippen molar-refractivity contribution in [2.75, 3.05) is 6.54 Å². The van der Waals surface area contributed by atoms with E-state index in [2.05, 4.69) is 14.8 Å². The molecule has 3 aromatic rings. The van der Waals surface area contributed by atoms with Gasteiger partial charge in [-0.2, -0.15) is 0 Å². The van der Waals surface area contributed by atoms with Crippen molar-refractivity contribution in [2.45, 2.75) is 43.3 Å². The summed E-state index contributed by atoms with van der Waals surface area (Å²) in [6.07, 6.45) is -11.8. The van der Waals surface area contributed by atoms with Crippen LogP contribution in [0.2, 0.25) is 0 Å². The number of nitrogens with one attached hydrogen (secondary N) is 1. The third-order valence-electron chi connectivity index (χ3n) is 6.58. The summed E-state index contributed by atoms with van der Waals surface area (Å²) in [5.74, 6) is -2.75. The Morgan fingerprint density at radius 1 is 0.833 bits per heavy atom. The van der Waals surface area contributed by atoms with Crippen LogP contribution >= 0.6 is 0 Å². The summed E-state index contributed by atoms with van der Waals surface area (Å²) in [6, 6.07) is 14.8. The van der Waals surface area contributed by atoms with Crippen molar-refractivity contribution >= 4 is 12.0 Å². The van der Waals surface area contributed by atoms with Crippen LogP contribution in [0.15, 0.2) is 78.9 Å². The first-order chi connectivity index (χ1) is 19.6. The predicted molar refractivity (Wildman–Crippen MR) is 134 cm³/mol. The molecule has 1 aliphatic rings. The molecule has 3 aromatic carbocycles. The number of nitrogens with zero attached hydrogens (tertiary/aromatic N) is 1. The smallest absolute Gasteiger partial charge is 0.480 e. The summed E-state index contributed by atoms with van der Waals surface area (Å²) in [5.41, 5.74) is -1.45. The summed E-state index contributed by atoms with van der Waals surface area (Å²) < 4.78 is 86.9. The van der Waals surface area contributed by atoms with Gasteiger partial charge in [-0.3, -0.25) is 0 Å². The maximum Gasteiger partial charge on any atom is 0.573 e. The lowest BCUT2D eigenvalue weighted by molar-refractivity contribution is -0.275. The van der Waals surface area contributed by atoms with E-state index in [1.807, 2.05) is 0 Å². The highest BCUT2D eigenvalue weighted by atomic mass is 19.4. The molecule has 1 heterocycles. The molecular weight excluding hydrogens is 574 g/mol. The summed E-state index contributed by atoms with van der Waals surface area (Å²) >= 11 is 0. The fraction of sp³-hybridized carbons (Fsp3) is 0.286. The third kappa shape index (κ3) is 7.43. The molecule has 42 heavy (non-hydrogen) atoms. The van der Waals surface area contributed by atoms with Crippen molar-refractivity contribution in [1.29, 1.82) is 0 Å². The summed E-state index contributed by atoms with van der Waals surface area (Å²) in [6.45, 7) is -0.376. The van der Waals surface area contributed by atoms with E-state index in [-0.39, 0.29) is 30.5 Å². The van der Waals surface area contributed by atoms with E-state index >= 15 is 0 Å². The number of urea groups is 1. The molecule has 8 nitrogen and oxygen atoms in total. The Hall–Kier alpha value is -4.46. The van der Waals surface area contributed by atoms with Gasteiger partial charge in [-0.05, 0) is 41.0 Å². The normalized spacial score (nSPS) is 17.5. The lowest BCUT2D eigenvalue weighted by atomic mass is 9.77. The van der Waals surface area contributed by atoms with E-state index in [4.69, 9.17) is 0 Å². The Morgan fingerprint density at radius 3 is 1.83 bits per heavy atom. The minimum atomic E-state index is -5.08. The van der Waals surface area contributed by atoms with E-state index in [0.717, 1.165) is 29.2 Å². The molecule has 2 atom stereocenters. The number of amides is 2. The molecule has 1 fully saturated rings. The van der Waals surface area contributed by atoms with E-state index in [0.29, 0.717) is 5.56 Å². The number of carboxylic acid groups (broad SMARTS) is 1. The van der Waals surface area contributed by atoms with Crippen molar-refractivity contribution in [3.05, 3.63) is 95.6 Å². The standard InChI is InChI=1S/C28H24F6N2O6/c29-27(30,31)41-21-10-4-8-18(12-21)26(15-17-6-2-1-3-7-17,19-9-5-11-22(13-19)42-28(32,33)34)35-25(40)36-16-20(37)14-23(36)24(38)39/h1-13,20,23,37H,14-16H2,(H,35,40)(H,38,39). The molecule has 0 bridgehead atoms. The zero-order chi connectivity index (χ0) is 30.7. The molecule has 14 heteroatoms. The number of benzene rings is 3. The number of alkyl halides is 6. The summed E-state index contributed by atoms with van der Waals surface area (Å²) in [7, 11) is 0. The molecule has 1 saturated heterocycles. The first kappa shape index (κ1) is 30.5. The molecule has 224 valence electrons. The lowest BCUT2D eigenvalue weighted by Gasteiger charge is -2.38. The molecule has 0 aliphatic carbocycles. The Kier molecular flexibility index (Phi) is 8.57. The average Bonchev–Trinajstić information content (AvgIpc) is 3.29. The fourth-order valence-corrected chi connectivity index (χ4v) is 4.91. The highest BCUT2D eigenvalue weighted by molar-refractivity contribution is 5.84. The van der Waals surface area contributed by atoms with Crippen LogP contribution in [0.4, 0.5) is 31.1 Å². The van der Waals surface area contributed by atoms with Gasteiger partial charge < -0.3 is 29.9 Å². The Bertz CT molecular complexity index is 1360. The molecule has 0 saturated carbocycles. The molecule has 0 spiro atoms. The number of carbonyl (C=O) groups is 2. The SMILES string of the molecule is O=C(O)C1CC(O)CN1C(=O)NC(Cc1ccccc1)(c1cccc(OC(F)(F)F)c1)c1cccc(OC(F)(F)F)c1. The number of hydrogen-bond acceptors (Lipinski definition) is 5. The quantitative estimate of drug-likeness (QED) is 0.308. The van der Waals surface area contributed by atoms with Crippen molar-refractivity contribution in [1.82, 2.24) is 10.2 Å². The van der Waals surface area contributed by atoms with Gasteiger partial charge in [0.1, 0.15) is 17.5 Å². The highest BCUT2D eigenvalue weighted by Crippen LogP contribution is 2.39. The number of carboxylic acids is 1. The number of β-amino-alcohol motifs (C(OH)–C–C–N with tert-alkyl or cyclic N) is 1. The predicted octanol–water partition coefficient (Wildman–Crippen LogP) is 5.20. The molecule has 3 N–H and O–H groups in total. The zero-order valence-electron chi connectivity index (χ0n) is 21.5. The third-order valence-corrected chi connectivity index (χ3v) is 6.58. The van der Waals surface area contributed by atoms with Crippen LogP contribution in [0.25, 0.3) is 0 Å². The van der Waals surface area contributed by atoms with Crippen LogP contribution in [0, 0.1) is 0 Å². The van der Waals surface area contributed by atoms with E-state index in [9.17, 15) is 46.1 Å². The second-order valence-electron chi connectivity index (χ2n) is 9.55. The number of ether oxygens (including phenoxy) is 2. The van der Waals surface area contributed by atoms with E-state index in [1.54, 1.807) is 30.3 Å². The summed E-state index contributed by atoms with van der Waals surface area (Å²) in [5, 5.41) is 22.4. The minimum absolute atomic E-state index is 0.0303.